The maximum absolute atomic E-state index is 12.6. The number of rotatable bonds is 7. The van der Waals surface area contributed by atoms with Crippen molar-refractivity contribution in [1.82, 2.24) is 14.7 Å². The first kappa shape index (κ1) is 21.6. The summed E-state index contributed by atoms with van der Waals surface area (Å²) in [7, 11) is 0. The highest BCUT2D eigenvalue weighted by Crippen LogP contribution is 2.27. The van der Waals surface area contributed by atoms with E-state index in [-0.39, 0.29) is 5.91 Å². The van der Waals surface area contributed by atoms with Crippen molar-refractivity contribution in [1.29, 1.82) is 0 Å². The van der Waals surface area contributed by atoms with Crippen LogP contribution in [0.25, 0.3) is 0 Å². The molecule has 0 radical (unpaired) electrons. The summed E-state index contributed by atoms with van der Waals surface area (Å²) in [6.07, 6.45) is 4.96. The summed E-state index contributed by atoms with van der Waals surface area (Å²) in [4.78, 5) is 15.2. The second kappa shape index (κ2) is 10.1. The Morgan fingerprint density at radius 1 is 1.10 bits per heavy atom. The van der Waals surface area contributed by atoms with Gasteiger partial charge in [0.25, 0.3) is 5.91 Å². The Bertz CT molecular complexity index is 996. The molecule has 0 bridgehead atoms. The molecule has 0 aliphatic carbocycles. The number of aromatic nitrogens is 2. The van der Waals surface area contributed by atoms with Crippen LogP contribution in [0.1, 0.15) is 54.1 Å². The monoisotopic (exact) mass is 436 g/mol. The van der Waals surface area contributed by atoms with Gasteiger partial charge in [0, 0.05) is 19.2 Å². The molecule has 0 spiro atoms. The molecular weight excluding hydrogens is 408 g/mol. The smallest absolute Gasteiger partial charge is 0.258 e. The molecule has 1 amide bonds. The zero-order valence-electron chi connectivity index (χ0n) is 17.9. The normalized spacial score (nSPS) is 16.2. The molecule has 1 saturated heterocycles. The van der Waals surface area contributed by atoms with E-state index in [0.717, 1.165) is 44.7 Å². The van der Waals surface area contributed by atoms with E-state index in [0.29, 0.717) is 22.5 Å². The third-order valence-corrected chi connectivity index (χ3v) is 6.51. The molecule has 1 aromatic heterocycles. The van der Waals surface area contributed by atoms with Crippen LogP contribution < -0.4 is 5.32 Å². The van der Waals surface area contributed by atoms with Gasteiger partial charge in [-0.2, -0.15) is 5.10 Å². The first-order valence-electron chi connectivity index (χ1n) is 11.0. The van der Waals surface area contributed by atoms with Gasteiger partial charge in [-0.05, 0) is 49.4 Å². The fourth-order valence-corrected chi connectivity index (χ4v) is 4.47. The van der Waals surface area contributed by atoms with Crippen molar-refractivity contribution >= 4 is 23.3 Å². The number of nitrogens with one attached hydrogen (secondary N) is 1. The first-order chi connectivity index (χ1) is 15.1. The number of nitrogens with zero attached hydrogens (tertiary/aromatic N) is 3. The molecule has 3 aromatic rings. The van der Waals surface area contributed by atoms with E-state index in [1.54, 1.807) is 18.3 Å². The van der Waals surface area contributed by atoms with E-state index in [9.17, 15) is 4.79 Å². The van der Waals surface area contributed by atoms with Gasteiger partial charge in [-0.3, -0.25) is 4.79 Å². The Hall–Kier alpha value is -2.63. The molecule has 0 saturated carbocycles. The molecule has 162 valence electrons. The highest BCUT2D eigenvalue weighted by molar-refractivity contribution is 6.34. The summed E-state index contributed by atoms with van der Waals surface area (Å²) >= 11 is 6.17. The summed E-state index contributed by atoms with van der Waals surface area (Å²) in [6, 6.07) is 20.0. The first-order valence-corrected chi connectivity index (χ1v) is 11.4. The van der Waals surface area contributed by atoms with Crippen molar-refractivity contribution in [2.75, 3.05) is 25.0 Å². The molecule has 2 aromatic carbocycles. The second-order valence-electron chi connectivity index (χ2n) is 8.27. The van der Waals surface area contributed by atoms with E-state index >= 15 is 0 Å². The van der Waals surface area contributed by atoms with E-state index in [1.165, 1.54) is 5.56 Å². The highest BCUT2D eigenvalue weighted by Gasteiger charge is 2.24. The lowest BCUT2D eigenvalue weighted by atomic mass is 9.97. The van der Waals surface area contributed by atoms with Crippen LogP contribution in [0.3, 0.4) is 0 Å². The molecule has 4 rings (SSSR count). The van der Waals surface area contributed by atoms with Gasteiger partial charge in [-0.15, -0.1) is 0 Å². The van der Waals surface area contributed by atoms with Crippen LogP contribution in [0.15, 0.2) is 66.9 Å². The fraction of sp³-hybridized carbons (Fsp3) is 0.360. The Kier molecular flexibility index (Phi) is 7.05. The number of carbonyl (C=O) groups excluding carboxylic acids is 1. The number of amides is 1. The van der Waals surface area contributed by atoms with Crippen LogP contribution in [0.4, 0.5) is 5.82 Å². The number of likely N-dealkylation sites (tertiary alicyclic amines) is 1. The van der Waals surface area contributed by atoms with Gasteiger partial charge in [-0.1, -0.05) is 61.0 Å². The van der Waals surface area contributed by atoms with Crippen LogP contribution in [0.2, 0.25) is 5.02 Å². The molecule has 0 unspecified atom stereocenters. The van der Waals surface area contributed by atoms with E-state index in [2.05, 4.69) is 52.6 Å². The summed E-state index contributed by atoms with van der Waals surface area (Å²) < 4.78 is 1.96. The molecule has 2 heterocycles. The van der Waals surface area contributed by atoms with Crippen LogP contribution in [0.5, 0.6) is 0 Å². The molecule has 1 N–H and O–H groups in total. The average Bonchev–Trinajstić information content (AvgIpc) is 3.26. The number of carbonyl (C=O) groups is 1. The maximum atomic E-state index is 12.6. The minimum atomic E-state index is -0.209. The largest absolute Gasteiger partial charge is 0.307 e. The van der Waals surface area contributed by atoms with Gasteiger partial charge in [0.05, 0.1) is 22.8 Å². The molecule has 1 aliphatic heterocycles. The van der Waals surface area contributed by atoms with Crippen LogP contribution >= 0.6 is 11.6 Å². The van der Waals surface area contributed by atoms with Gasteiger partial charge in [-0.25, -0.2) is 4.68 Å². The minimum Gasteiger partial charge on any atom is -0.307 e. The molecule has 1 aliphatic rings. The third kappa shape index (κ3) is 5.35. The number of piperidine rings is 1. The van der Waals surface area contributed by atoms with Crippen LogP contribution in [0, 0.1) is 0 Å². The Labute approximate surface area is 189 Å². The Morgan fingerprint density at radius 3 is 2.55 bits per heavy atom. The number of halogens is 1. The summed E-state index contributed by atoms with van der Waals surface area (Å²) in [5.41, 5.74) is 1.88. The third-order valence-electron chi connectivity index (χ3n) is 6.18. The number of anilines is 1. The van der Waals surface area contributed by atoms with Crippen molar-refractivity contribution < 1.29 is 4.79 Å². The molecular formula is C25H29ClN4O. The quantitative estimate of drug-likeness (QED) is 0.523. The van der Waals surface area contributed by atoms with Gasteiger partial charge in [0.2, 0.25) is 0 Å². The topological polar surface area (TPSA) is 50.2 Å². The number of hydrogen-bond donors (Lipinski definition) is 1. The summed E-state index contributed by atoms with van der Waals surface area (Å²) in [5, 5.41) is 7.92. The maximum Gasteiger partial charge on any atom is 0.258 e. The molecule has 31 heavy (non-hydrogen) atoms. The van der Waals surface area contributed by atoms with Gasteiger partial charge in [0.1, 0.15) is 5.82 Å². The van der Waals surface area contributed by atoms with Gasteiger partial charge < -0.3 is 10.2 Å². The molecule has 6 heteroatoms. The lowest BCUT2D eigenvalue weighted by Crippen LogP contribution is -2.36. The summed E-state index contributed by atoms with van der Waals surface area (Å²) in [6.45, 7) is 5.51. The molecule has 1 fully saturated rings. The lowest BCUT2D eigenvalue weighted by Gasteiger charge is -2.33. The standard InChI is InChI=1S/C25H29ClN4O/c1-19(20-7-3-2-4-8-20)12-16-29-17-13-21(14-18-29)30-24(11-15-27-30)28-25(31)22-9-5-6-10-23(22)26/h2-11,15,19,21H,12-14,16-18H2,1H3,(H,28,31)/t19-/m0/s1. The SMILES string of the molecule is C[C@@H](CCN1CCC(n2nccc2NC(=O)c2ccccc2Cl)CC1)c1ccccc1. The molecule has 5 nitrogen and oxygen atoms in total. The zero-order chi connectivity index (χ0) is 21.6. The van der Waals surface area contributed by atoms with E-state index < -0.39 is 0 Å². The predicted octanol–water partition coefficient (Wildman–Crippen LogP) is 5.62. The van der Waals surface area contributed by atoms with Crippen molar-refractivity contribution in [2.45, 2.75) is 38.1 Å². The summed E-state index contributed by atoms with van der Waals surface area (Å²) in [5.74, 6) is 1.08. The highest BCUT2D eigenvalue weighted by atomic mass is 35.5. The van der Waals surface area contributed by atoms with Crippen molar-refractivity contribution in [3.05, 3.63) is 83.0 Å². The van der Waals surface area contributed by atoms with Gasteiger partial charge >= 0.3 is 0 Å². The number of benzene rings is 2. The van der Waals surface area contributed by atoms with Gasteiger partial charge in [0.15, 0.2) is 0 Å². The Morgan fingerprint density at radius 2 is 1.81 bits per heavy atom. The van der Waals surface area contributed by atoms with Crippen molar-refractivity contribution in [3.8, 4) is 0 Å². The van der Waals surface area contributed by atoms with Crippen molar-refractivity contribution in [3.63, 3.8) is 0 Å². The minimum absolute atomic E-state index is 0.209. The molecule has 1 atom stereocenters. The second-order valence-corrected chi connectivity index (χ2v) is 8.68. The zero-order valence-corrected chi connectivity index (χ0v) is 18.6. The fourth-order valence-electron chi connectivity index (χ4n) is 4.25. The van der Waals surface area contributed by atoms with Crippen molar-refractivity contribution in [2.24, 2.45) is 0 Å². The number of hydrogen-bond acceptors (Lipinski definition) is 3. The van der Waals surface area contributed by atoms with Crippen LogP contribution in [-0.4, -0.2) is 40.2 Å². The van der Waals surface area contributed by atoms with E-state index in [4.69, 9.17) is 11.6 Å². The Balaban J connectivity index is 1.30. The average molecular weight is 437 g/mol. The van der Waals surface area contributed by atoms with E-state index in [1.807, 2.05) is 22.9 Å². The lowest BCUT2D eigenvalue weighted by molar-refractivity contribution is 0.102. The predicted molar refractivity (Wildman–Crippen MR) is 126 cm³/mol. The van der Waals surface area contributed by atoms with Crippen LogP contribution in [-0.2, 0) is 0 Å².